The van der Waals surface area contributed by atoms with Crippen LogP contribution in [0.3, 0.4) is 0 Å². The molecule has 1 amide bonds. The fourth-order valence-electron chi connectivity index (χ4n) is 2.91. The number of nitrogens with zero attached hydrogens (tertiary/aromatic N) is 1. The molecule has 1 aliphatic rings. The van der Waals surface area contributed by atoms with Gasteiger partial charge in [0.15, 0.2) is 6.04 Å². The summed E-state index contributed by atoms with van der Waals surface area (Å²) in [5.74, 6) is -0.850. The minimum absolute atomic E-state index is 0.332. The highest BCUT2D eigenvalue weighted by atomic mass is 79.9. The molecule has 0 aromatic heterocycles. The smallest absolute Gasteiger partial charge is 0.333 e. The number of methoxy groups -OCH3 is 1. The molecule has 1 aliphatic heterocycles. The summed E-state index contributed by atoms with van der Waals surface area (Å²) in [5, 5.41) is 2.76. The van der Waals surface area contributed by atoms with Crippen LogP contribution in [-0.4, -0.2) is 45.3 Å². The molecular formula is C20H21BrN2O4. The molecule has 0 saturated carbocycles. The normalized spacial score (nSPS) is 15.1. The number of benzene rings is 2. The second-order valence-electron chi connectivity index (χ2n) is 6.13. The molecule has 2 aromatic carbocycles. The van der Waals surface area contributed by atoms with Gasteiger partial charge in [0.2, 0.25) is 0 Å². The molecule has 0 radical (unpaired) electrons. The summed E-state index contributed by atoms with van der Waals surface area (Å²) in [6.07, 6.45) is 0. The predicted octanol–water partition coefficient (Wildman–Crippen LogP) is 2.93. The summed E-state index contributed by atoms with van der Waals surface area (Å²) in [7, 11) is 1.30. The third kappa shape index (κ3) is 4.87. The topological polar surface area (TPSA) is 67.9 Å². The Bertz CT molecular complexity index is 787. The summed E-state index contributed by atoms with van der Waals surface area (Å²) < 4.78 is 11.1. The number of ether oxygens (including phenoxy) is 2. The van der Waals surface area contributed by atoms with Crippen molar-refractivity contribution in [2.75, 3.05) is 38.3 Å². The summed E-state index contributed by atoms with van der Waals surface area (Å²) >= 11 is 3.36. The van der Waals surface area contributed by atoms with Crippen LogP contribution >= 0.6 is 15.9 Å². The number of amides is 1. The van der Waals surface area contributed by atoms with Crippen molar-refractivity contribution < 1.29 is 19.1 Å². The van der Waals surface area contributed by atoms with E-state index in [9.17, 15) is 9.59 Å². The second-order valence-corrected chi connectivity index (χ2v) is 7.04. The first-order chi connectivity index (χ1) is 13.1. The number of morpholine rings is 1. The highest BCUT2D eigenvalue weighted by Crippen LogP contribution is 2.20. The molecule has 3 rings (SSSR count). The third-order valence-corrected chi connectivity index (χ3v) is 4.95. The minimum Gasteiger partial charge on any atom is -0.467 e. The lowest BCUT2D eigenvalue weighted by Crippen LogP contribution is -2.36. The summed E-state index contributed by atoms with van der Waals surface area (Å²) in [6.45, 7) is 3.07. The maximum absolute atomic E-state index is 12.6. The molecule has 142 valence electrons. The fourth-order valence-corrected chi connectivity index (χ4v) is 3.18. The number of halogens is 1. The van der Waals surface area contributed by atoms with Crippen molar-refractivity contribution in [2.45, 2.75) is 6.04 Å². The van der Waals surface area contributed by atoms with E-state index < -0.39 is 12.0 Å². The van der Waals surface area contributed by atoms with Gasteiger partial charge in [-0.1, -0.05) is 28.1 Å². The van der Waals surface area contributed by atoms with Gasteiger partial charge in [0.25, 0.3) is 5.91 Å². The van der Waals surface area contributed by atoms with Crippen molar-refractivity contribution in [1.29, 1.82) is 0 Å². The first-order valence-corrected chi connectivity index (χ1v) is 9.44. The molecule has 1 heterocycles. The van der Waals surface area contributed by atoms with Crippen LogP contribution in [0.2, 0.25) is 0 Å². The first-order valence-electron chi connectivity index (χ1n) is 8.65. The lowest BCUT2D eigenvalue weighted by molar-refractivity contribution is -0.143. The number of rotatable bonds is 5. The molecule has 0 aliphatic carbocycles. The van der Waals surface area contributed by atoms with E-state index in [1.54, 1.807) is 24.3 Å². The number of nitrogens with one attached hydrogen (secondary N) is 1. The fraction of sp³-hybridized carbons (Fsp3) is 0.300. The molecule has 0 bridgehead atoms. The van der Waals surface area contributed by atoms with Crippen molar-refractivity contribution >= 4 is 33.5 Å². The molecule has 2 aromatic rings. The Morgan fingerprint density at radius 1 is 1.07 bits per heavy atom. The number of carbonyl (C=O) groups excluding carboxylic acids is 2. The van der Waals surface area contributed by atoms with Gasteiger partial charge in [-0.25, -0.2) is 4.79 Å². The van der Waals surface area contributed by atoms with Crippen molar-refractivity contribution in [3.8, 4) is 0 Å². The van der Waals surface area contributed by atoms with Gasteiger partial charge in [0.05, 0.1) is 20.3 Å². The largest absolute Gasteiger partial charge is 0.467 e. The van der Waals surface area contributed by atoms with E-state index in [4.69, 9.17) is 9.47 Å². The van der Waals surface area contributed by atoms with Gasteiger partial charge in [-0.05, 0) is 42.0 Å². The average Bonchev–Trinajstić information content (AvgIpc) is 2.73. The Labute approximate surface area is 166 Å². The Balaban J connectivity index is 1.73. The van der Waals surface area contributed by atoms with Gasteiger partial charge < -0.3 is 19.7 Å². The van der Waals surface area contributed by atoms with Crippen LogP contribution in [0, 0.1) is 0 Å². The van der Waals surface area contributed by atoms with E-state index in [0.717, 1.165) is 23.2 Å². The molecule has 6 nitrogen and oxygen atoms in total. The van der Waals surface area contributed by atoms with E-state index in [2.05, 4.69) is 26.1 Å². The van der Waals surface area contributed by atoms with Gasteiger partial charge in [0.1, 0.15) is 0 Å². The minimum atomic E-state index is -0.866. The van der Waals surface area contributed by atoms with Gasteiger partial charge in [-0.15, -0.1) is 0 Å². The zero-order chi connectivity index (χ0) is 19.2. The average molecular weight is 433 g/mol. The summed E-state index contributed by atoms with van der Waals surface area (Å²) in [6, 6.07) is 13.6. The molecule has 1 unspecified atom stereocenters. The molecule has 1 N–H and O–H groups in total. The van der Waals surface area contributed by atoms with Crippen LogP contribution in [0.15, 0.2) is 53.0 Å². The highest BCUT2D eigenvalue weighted by molar-refractivity contribution is 9.10. The zero-order valence-electron chi connectivity index (χ0n) is 15.0. The van der Waals surface area contributed by atoms with E-state index in [0.29, 0.717) is 24.3 Å². The van der Waals surface area contributed by atoms with Crippen molar-refractivity contribution in [2.24, 2.45) is 0 Å². The lowest BCUT2D eigenvalue weighted by atomic mass is 10.1. The molecule has 7 heteroatoms. The van der Waals surface area contributed by atoms with Crippen molar-refractivity contribution in [3.05, 3.63) is 64.1 Å². The van der Waals surface area contributed by atoms with Gasteiger partial charge >= 0.3 is 5.97 Å². The van der Waals surface area contributed by atoms with Gasteiger partial charge in [-0.3, -0.25) is 4.79 Å². The number of hydrogen-bond acceptors (Lipinski definition) is 5. The number of anilines is 1. The maximum Gasteiger partial charge on any atom is 0.333 e. The molecule has 1 fully saturated rings. The van der Waals surface area contributed by atoms with Crippen LogP contribution in [-0.2, 0) is 14.3 Å². The predicted molar refractivity (Wildman–Crippen MR) is 106 cm³/mol. The van der Waals surface area contributed by atoms with E-state index >= 15 is 0 Å². The van der Waals surface area contributed by atoms with Gasteiger partial charge in [0, 0.05) is 28.8 Å². The van der Waals surface area contributed by atoms with Crippen molar-refractivity contribution in [3.63, 3.8) is 0 Å². The first kappa shape index (κ1) is 19.4. The van der Waals surface area contributed by atoms with Crippen LogP contribution in [0.4, 0.5) is 5.69 Å². The number of hydrogen-bond donors (Lipinski definition) is 1. The Hall–Kier alpha value is -2.38. The van der Waals surface area contributed by atoms with Crippen LogP contribution in [0.5, 0.6) is 0 Å². The lowest BCUT2D eigenvalue weighted by Gasteiger charge is -2.28. The standard InChI is InChI=1S/C20H21BrN2O4/c1-26-20(25)18(14-2-6-16(21)7-3-14)22-19(24)15-4-8-17(9-5-15)23-10-12-27-13-11-23/h2-9,18H,10-13H2,1H3,(H,22,24). The van der Waals surface area contributed by atoms with Crippen molar-refractivity contribution in [1.82, 2.24) is 5.32 Å². The van der Waals surface area contributed by atoms with E-state index in [-0.39, 0.29) is 5.91 Å². The molecule has 1 atom stereocenters. The van der Waals surface area contributed by atoms with Crippen LogP contribution in [0.25, 0.3) is 0 Å². The van der Waals surface area contributed by atoms with Crippen LogP contribution < -0.4 is 10.2 Å². The quantitative estimate of drug-likeness (QED) is 0.735. The highest BCUT2D eigenvalue weighted by Gasteiger charge is 2.24. The molecule has 0 spiro atoms. The van der Waals surface area contributed by atoms with E-state index in [1.807, 2.05) is 24.3 Å². The summed E-state index contributed by atoms with van der Waals surface area (Å²) in [4.78, 5) is 27.0. The molecular weight excluding hydrogens is 412 g/mol. The van der Waals surface area contributed by atoms with Gasteiger partial charge in [-0.2, -0.15) is 0 Å². The number of esters is 1. The molecule has 1 saturated heterocycles. The Morgan fingerprint density at radius 3 is 2.30 bits per heavy atom. The Morgan fingerprint density at radius 2 is 1.70 bits per heavy atom. The monoisotopic (exact) mass is 432 g/mol. The second kappa shape index (κ2) is 9.01. The number of carbonyl (C=O) groups is 2. The third-order valence-electron chi connectivity index (χ3n) is 4.42. The SMILES string of the molecule is COC(=O)C(NC(=O)c1ccc(N2CCOCC2)cc1)c1ccc(Br)cc1. The van der Waals surface area contributed by atoms with Crippen LogP contribution in [0.1, 0.15) is 22.0 Å². The maximum atomic E-state index is 12.6. The summed E-state index contributed by atoms with van der Waals surface area (Å²) in [5.41, 5.74) is 2.19. The zero-order valence-corrected chi connectivity index (χ0v) is 16.6. The Kier molecular flexibility index (Phi) is 6.47. The van der Waals surface area contributed by atoms with E-state index in [1.165, 1.54) is 7.11 Å². The molecule has 27 heavy (non-hydrogen) atoms.